The fourth-order valence-corrected chi connectivity index (χ4v) is 2.05. The highest BCUT2D eigenvalue weighted by Crippen LogP contribution is 2.20. The van der Waals surface area contributed by atoms with Crippen LogP contribution in [0, 0.1) is 5.82 Å². The Morgan fingerprint density at radius 1 is 1.17 bits per heavy atom. The van der Waals surface area contributed by atoms with Crippen LogP contribution in [0.25, 0.3) is 0 Å². The van der Waals surface area contributed by atoms with E-state index in [0.717, 1.165) is 4.47 Å². The lowest BCUT2D eigenvalue weighted by molar-refractivity contribution is 0.0992. The molecule has 0 unspecified atom stereocenters. The van der Waals surface area contributed by atoms with Crippen LogP contribution in [-0.2, 0) is 6.42 Å². The second-order valence-corrected chi connectivity index (χ2v) is 5.14. The molecule has 0 amide bonds. The van der Waals surface area contributed by atoms with Crippen LogP contribution < -0.4 is 0 Å². The van der Waals surface area contributed by atoms with Gasteiger partial charge in [-0.3, -0.25) is 4.79 Å². The SMILES string of the molecule is O=C(Cc1cccc(Cl)c1F)c1ccc(Br)cc1. The van der Waals surface area contributed by atoms with Crippen molar-refractivity contribution < 1.29 is 9.18 Å². The van der Waals surface area contributed by atoms with Crippen LogP contribution >= 0.6 is 27.5 Å². The summed E-state index contributed by atoms with van der Waals surface area (Å²) in [7, 11) is 0. The molecule has 4 heteroatoms. The number of Topliss-reactive ketones (excluding diaryl/α,β-unsaturated/α-hetero) is 1. The van der Waals surface area contributed by atoms with E-state index < -0.39 is 5.82 Å². The van der Waals surface area contributed by atoms with Crippen molar-refractivity contribution in [2.24, 2.45) is 0 Å². The molecule has 18 heavy (non-hydrogen) atoms. The Kier molecular flexibility index (Phi) is 4.15. The van der Waals surface area contributed by atoms with Gasteiger partial charge in [0.15, 0.2) is 5.78 Å². The normalized spacial score (nSPS) is 10.4. The lowest BCUT2D eigenvalue weighted by Crippen LogP contribution is -2.05. The molecule has 0 aliphatic carbocycles. The van der Waals surface area contributed by atoms with Crippen LogP contribution in [0.3, 0.4) is 0 Å². The van der Waals surface area contributed by atoms with E-state index in [4.69, 9.17) is 11.6 Å². The minimum atomic E-state index is -0.523. The smallest absolute Gasteiger partial charge is 0.167 e. The summed E-state index contributed by atoms with van der Waals surface area (Å²) in [5.74, 6) is -0.659. The molecular formula is C14H9BrClFO. The van der Waals surface area contributed by atoms with Gasteiger partial charge in [-0.25, -0.2) is 4.39 Å². The van der Waals surface area contributed by atoms with E-state index in [-0.39, 0.29) is 17.2 Å². The summed E-state index contributed by atoms with van der Waals surface area (Å²) in [6.45, 7) is 0. The zero-order chi connectivity index (χ0) is 13.1. The largest absolute Gasteiger partial charge is 0.294 e. The van der Waals surface area contributed by atoms with Gasteiger partial charge in [0.1, 0.15) is 5.82 Å². The Morgan fingerprint density at radius 3 is 2.50 bits per heavy atom. The molecule has 0 bridgehead atoms. The number of benzene rings is 2. The quantitative estimate of drug-likeness (QED) is 0.749. The molecule has 2 rings (SSSR count). The van der Waals surface area contributed by atoms with Gasteiger partial charge in [-0.2, -0.15) is 0 Å². The van der Waals surface area contributed by atoms with Crippen LogP contribution in [0.1, 0.15) is 15.9 Å². The van der Waals surface area contributed by atoms with E-state index in [0.29, 0.717) is 11.1 Å². The fraction of sp³-hybridized carbons (Fsp3) is 0.0714. The van der Waals surface area contributed by atoms with E-state index in [1.807, 2.05) is 0 Å². The molecule has 0 heterocycles. The van der Waals surface area contributed by atoms with Crippen LogP contribution in [-0.4, -0.2) is 5.78 Å². The molecule has 0 aliphatic heterocycles. The van der Waals surface area contributed by atoms with Crippen LogP contribution in [0.2, 0.25) is 5.02 Å². The molecule has 1 nitrogen and oxygen atoms in total. The van der Waals surface area contributed by atoms with Gasteiger partial charge < -0.3 is 0 Å². The van der Waals surface area contributed by atoms with Gasteiger partial charge in [-0.15, -0.1) is 0 Å². The number of hydrogen-bond donors (Lipinski definition) is 0. The average Bonchev–Trinajstić information content (AvgIpc) is 2.36. The molecule has 2 aromatic rings. The maximum atomic E-state index is 13.7. The summed E-state index contributed by atoms with van der Waals surface area (Å²) in [5.41, 5.74) is 0.869. The average molecular weight is 328 g/mol. The Hall–Kier alpha value is -1.19. The monoisotopic (exact) mass is 326 g/mol. The third-order valence-corrected chi connectivity index (χ3v) is 3.37. The van der Waals surface area contributed by atoms with Gasteiger partial charge in [-0.05, 0) is 23.8 Å². The Morgan fingerprint density at radius 2 is 1.83 bits per heavy atom. The lowest BCUT2D eigenvalue weighted by atomic mass is 10.0. The lowest BCUT2D eigenvalue weighted by Gasteiger charge is -2.04. The van der Waals surface area contributed by atoms with E-state index in [1.54, 1.807) is 36.4 Å². The summed E-state index contributed by atoms with van der Waals surface area (Å²) in [4.78, 5) is 12.0. The summed E-state index contributed by atoms with van der Waals surface area (Å²) in [6, 6.07) is 11.6. The molecule has 0 saturated carbocycles. The van der Waals surface area contributed by atoms with E-state index in [9.17, 15) is 9.18 Å². The van der Waals surface area contributed by atoms with Crippen LogP contribution in [0.15, 0.2) is 46.9 Å². The summed E-state index contributed by atoms with van der Waals surface area (Å²) >= 11 is 8.97. The zero-order valence-electron chi connectivity index (χ0n) is 9.29. The van der Waals surface area contributed by atoms with Crippen molar-refractivity contribution in [2.45, 2.75) is 6.42 Å². The number of hydrogen-bond acceptors (Lipinski definition) is 1. The van der Waals surface area contributed by atoms with Crippen molar-refractivity contribution in [2.75, 3.05) is 0 Å². The summed E-state index contributed by atoms with van der Waals surface area (Å²) in [6.07, 6.45) is 0.00796. The third kappa shape index (κ3) is 2.98. The highest BCUT2D eigenvalue weighted by Gasteiger charge is 2.12. The predicted octanol–water partition coefficient (Wildman–Crippen LogP) is 4.67. The number of halogens is 3. The first-order valence-corrected chi connectivity index (χ1v) is 6.46. The maximum Gasteiger partial charge on any atom is 0.167 e. The molecule has 0 spiro atoms. The zero-order valence-corrected chi connectivity index (χ0v) is 11.6. The van der Waals surface area contributed by atoms with Gasteiger partial charge in [0.05, 0.1) is 5.02 Å². The van der Waals surface area contributed by atoms with Gasteiger partial charge in [0.2, 0.25) is 0 Å². The Bertz CT molecular complexity index is 581. The maximum absolute atomic E-state index is 13.7. The molecular weight excluding hydrogens is 319 g/mol. The second kappa shape index (κ2) is 5.63. The van der Waals surface area contributed by atoms with E-state index in [2.05, 4.69) is 15.9 Å². The van der Waals surface area contributed by atoms with Gasteiger partial charge in [0.25, 0.3) is 0 Å². The topological polar surface area (TPSA) is 17.1 Å². The van der Waals surface area contributed by atoms with Crippen molar-refractivity contribution in [1.29, 1.82) is 0 Å². The third-order valence-electron chi connectivity index (χ3n) is 2.55. The van der Waals surface area contributed by atoms with Gasteiger partial charge in [-0.1, -0.05) is 51.8 Å². The Balaban J connectivity index is 2.21. The first-order valence-electron chi connectivity index (χ1n) is 5.29. The number of carbonyl (C=O) groups is 1. The van der Waals surface area contributed by atoms with Crippen molar-refractivity contribution in [3.63, 3.8) is 0 Å². The molecule has 0 aliphatic rings. The minimum Gasteiger partial charge on any atom is -0.294 e. The first kappa shape index (κ1) is 13.2. The molecule has 0 aromatic heterocycles. The molecule has 0 fully saturated rings. The van der Waals surface area contributed by atoms with Gasteiger partial charge >= 0.3 is 0 Å². The molecule has 2 aromatic carbocycles. The predicted molar refractivity (Wildman–Crippen MR) is 73.6 cm³/mol. The number of ketones is 1. The minimum absolute atomic E-state index is 0.00796. The standard InChI is InChI=1S/C14H9BrClFO/c15-11-6-4-9(5-7-11)13(18)8-10-2-1-3-12(16)14(10)17/h1-7H,8H2. The van der Waals surface area contributed by atoms with Crippen LogP contribution in [0.5, 0.6) is 0 Å². The van der Waals surface area contributed by atoms with Crippen molar-refractivity contribution in [3.05, 3.63) is 68.9 Å². The van der Waals surface area contributed by atoms with Crippen molar-refractivity contribution >= 4 is 33.3 Å². The summed E-state index contributed by atoms with van der Waals surface area (Å²) in [5, 5.41) is 0.0381. The first-order chi connectivity index (χ1) is 8.58. The number of rotatable bonds is 3. The van der Waals surface area contributed by atoms with E-state index >= 15 is 0 Å². The van der Waals surface area contributed by atoms with Crippen molar-refractivity contribution in [3.8, 4) is 0 Å². The molecule has 0 saturated heterocycles. The van der Waals surface area contributed by atoms with E-state index in [1.165, 1.54) is 6.07 Å². The van der Waals surface area contributed by atoms with Gasteiger partial charge in [0, 0.05) is 16.5 Å². The molecule has 0 N–H and O–H groups in total. The molecule has 92 valence electrons. The molecule has 0 radical (unpaired) electrons. The Labute approximate surface area is 118 Å². The fourth-order valence-electron chi connectivity index (χ4n) is 1.60. The van der Waals surface area contributed by atoms with Crippen LogP contribution in [0.4, 0.5) is 4.39 Å². The summed E-state index contributed by atoms with van der Waals surface area (Å²) < 4.78 is 14.5. The van der Waals surface area contributed by atoms with Crippen molar-refractivity contribution in [1.82, 2.24) is 0 Å². The highest BCUT2D eigenvalue weighted by atomic mass is 79.9. The molecule has 0 atom stereocenters. The highest BCUT2D eigenvalue weighted by molar-refractivity contribution is 9.10. The number of carbonyl (C=O) groups excluding carboxylic acids is 1. The second-order valence-electron chi connectivity index (χ2n) is 3.82.